The topological polar surface area (TPSA) is 171 Å². The van der Waals surface area contributed by atoms with Crippen LogP contribution in [-0.2, 0) is 19.0 Å². The molecular formula is C26H27N9O4. The molecule has 2 N–H and O–H groups in total. The molecule has 4 heterocycles. The molecule has 5 rings (SSSR count). The molecule has 13 heteroatoms. The van der Waals surface area contributed by atoms with Gasteiger partial charge in [0.25, 0.3) is 5.69 Å². The molecular weight excluding hydrogens is 502 g/mol. The number of aromatic nitrogens is 7. The highest BCUT2D eigenvalue weighted by molar-refractivity contribution is 5.92. The molecule has 13 nitrogen and oxygen atoms in total. The summed E-state index contributed by atoms with van der Waals surface area (Å²) in [4.78, 5) is 40.5. The fourth-order valence-corrected chi connectivity index (χ4v) is 4.31. The number of aryl methyl sites for hydroxylation is 2. The first-order valence-electron chi connectivity index (χ1n) is 12.2. The number of rotatable bonds is 6. The summed E-state index contributed by atoms with van der Waals surface area (Å²) >= 11 is 0. The van der Waals surface area contributed by atoms with E-state index in [1.54, 1.807) is 29.1 Å². The molecule has 5 aromatic rings. The Kier molecular flexibility index (Phi) is 6.21. The van der Waals surface area contributed by atoms with Crippen molar-refractivity contribution < 1.29 is 14.2 Å². The number of hydrogen-bond donors (Lipinski definition) is 2. The van der Waals surface area contributed by atoms with Gasteiger partial charge in [-0.1, -0.05) is 32.0 Å². The molecule has 0 bridgehead atoms. The maximum absolute atomic E-state index is 12.5. The highest BCUT2D eigenvalue weighted by Crippen LogP contribution is 2.33. The van der Waals surface area contributed by atoms with E-state index in [0.29, 0.717) is 39.5 Å². The van der Waals surface area contributed by atoms with Crippen molar-refractivity contribution in [3.8, 4) is 22.5 Å². The third-order valence-electron chi connectivity index (χ3n) is 6.46. The van der Waals surface area contributed by atoms with E-state index >= 15 is 0 Å². The largest absolute Gasteiger partial charge is 0.343 e. The van der Waals surface area contributed by atoms with Crippen molar-refractivity contribution in [2.75, 3.05) is 0 Å². The number of nitrogens with one attached hydrogen (secondary N) is 2. The van der Waals surface area contributed by atoms with Crippen LogP contribution in [0, 0.1) is 24.0 Å². The van der Waals surface area contributed by atoms with Crippen molar-refractivity contribution in [1.82, 2.24) is 40.2 Å². The van der Waals surface area contributed by atoms with Gasteiger partial charge in [0.05, 0.1) is 28.2 Å². The Balaban J connectivity index is 1.45. The molecule has 0 spiro atoms. The monoisotopic (exact) mass is 529 g/mol. The smallest absolute Gasteiger partial charge is 0.315 e. The minimum atomic E-state index is -0.613. The van der Waals surface area contributed by atoms with Crippen LogP contribution in [0.15, 0.2) is 35.0 Å². The van der Waals surface area contributed by atoms with E-state index < -0.39 is 10.8 Å². The van der Waals surface area contributed by atoms with Crippen LogP contribution in [0.3, 0.4) is 0 Å². The van der Waals surface area contributed by atoms with E-state index in [1.165, 1.54) is 6.07 Å². The molecule has 0 saturated carbocycles. The Labute approximate surface area is 222 Å². The number of nitrogens with zero attached hydrogens (tertiary/aromatic N) is 7. The average Bonchev–Trinajstić information content (AvgIpc) is 3.59. The number of nitro benzene ring substituents is 1. The lowest BCUT2D eigenvalue weighted by Crippen LogP contribution is -2.24. The van der Waals surface area contributed by atoms with Gasteiger partial charge in [0.1, 0.15) is 5.82 Å². The quantitative estimate of drug-likeness (QED) is 0.242. The zero-order valence-electron chi connectivity index (χ0n) is 22.4. The van der Waals surface area contributed by atoms with Gasteiger partial charge < -0.3 is 14.8 Å². The van der Waals surface area contributed by atoms with Crippen LogP contribution in [-0.4, -0.2) is 45.7 Å². The second kappa shape index (κ2) is 9.42. The number of carbonyl (C=O) groups is 1. The Morgan fingerprint density at radius 1 is 1.21 bits per heavy atom. The first-order valence-corrected chi connectivity index (χ1v) is 12.2. The van der Waals surface area contributed by atoms with E-state index in [1.807, 2.05) is 41.7 Å². The fourth-order valence-electron chi connectivity index (χ4n) is 4.31. The molecule has 0 aliphatic carbocycles. The number of amides is 1. The maximum Gasteiger partial charge on any atom is 0.315 e. The first-order chi connectivity index (χ1) is 18.4. The summed E-state index contributed by atoms with van der Waals surface area (Å²) in [6.45, 7) is 9.46. The van der Waals surface area contributed by atoms with Gasteiger partial charge >= 0.3 is 11.8 Å². The van der Waals surface area contributed by atoms with Crippen LogP contribution < -0.4 is 5.32 Å². The van der Waals surface area contributed by atoms with Crippen LogP contribution >= 0.6 is 0 Å². The molecule has 0 unspecified atom stereocenters. The standard InChI is InChI=1S/C26H27N9O4/c1-13-19(14(2)34(6)32-13)21-29-20-17(9-10-27-22(20)30-21)15-7-8-16(18(11-15)35(37)38)12-28-23(36)24-31-25(33-39-24)26(3,4)5/h7-11H,12H2,1-6H3,(H,28,36)(H,27,29,30). The van der Waals surface area contributed by atoms with Crippen LogP contribution in [0.5, 0.6) is 0 Å². The molecule has 0 fully saturated rings. The van der Waals surface area contributed by atoms with Gasteiger partial charge in [-0.15, -0.1) is 0 Å². The number of carbonyl (C=O) groups excluding carboxylic acids is 1. The molecule has 0 atom stereocenters. The molecule has 1 aromatic carbocycles. The van der Waals surface area contributed by atoms with E-state index in [-0.39, 0.29) is 23.5 Å². The van der Waals surface area contributed by atoms with E-state index in [2.05, 4.69) is 35.5 Å². The number of pyridine rings is 1. The van der Waals surface area contributed by atoms with Crippen molar-refractivity contribution in [2.45, 2.75) is 46.6 Å². The summed E-state index contributed by atoms with van der Waals surface area (Å²) in [5, 5.41) is 22.9. The van der Waals surface area contributed by atoms with Gasteiger partial charge in [-0.3, -0.25) is 19.6 Å². The Hall–Kier alpha value is -4.94. The maximum atomic E-state index is 12.5. The minimum absolute atomic E-state index is 0.0951. The number of nitro groups is 1. The average molecular weight is 530 g/mol. The van der Waals surface area contributed by atoms with Gasteiger partial charge in [-0.25, -0.2) is 9.97 Å². The zero-order valence-corrected chi connectivity index (χ0v) is 22.4. The van der Waals surface area contributed by atoms with Gasteiger partial charge in [-0.2, -0.15) is 10.1 Å². The van der Waals surface area contributed by atoms with Crippen molar-refractivity contribution >= 4 is 22.8 Å². The molecule has 0 aliphatic heterocycles. The summed E-state index contributed by atoms with van der Waals surface area (Å²) < 4.78 is 6.85. The number of imidazole rings is 1. The molecule has 200 valence electrons. The van der Waals surface area contributed by atoms with Crippen LogP contribution in [0.1, 0.15) is 54.2 Å². The van der Waals surface area contributed by atoms with Crippen molar-refractivity contribution in [3.05, 3.63) is 69.2 Å². The van der Waals surface area contributed by atoms with Crippen molar-refractivity contribution in [2.24, 2.45) is 7.05 Å². The summed E-state index contributed by atoms with van der Waals surface area (Å²) in [5.74, 6) is 0.200. The van der Waals surface area contributed by atoms with Crippen LogP contribution in [0.4, 0.5) is 5.69 Å². The SMILES string of the molecule is Cc1nn(C)c(C)c1-c1nc2nccc(-c3ccc(CNC(=O)c4nc(C(C)(C)C)no4)c([N+](=O)[O-])c3)c2[nH]1. The van der Waals surface area contributed by atoms with Gasteiger partial charge in [0.2, 0.25) is 0 Å². The Morgan fingerprint density at radius 3 is 2.62 bits per heavy atom. The third kappa shape index (κ3) is 4.74. The number of hydrogen-bond acceptors (Lipinski definition) is 9. The molecule has 1 amide bonds. The lowest BCUT2D eigenvalue weighted by Gasteiger charge is -2.10. The predicted octanol–water partition coefficient (Wildman–Crippen LogP) is 4.16. The minimum Gasteiger partial charge on any atom is -0.343 e. The predicted molar refractivity (Wildman–Crippen MR) is 142 cm³/mol. The highest BCUT2D eigenvalue weighted by Gasteiger charge is 2.25. The normalized spacial score (nSPS) is 11.7. The first kappa shape index (κ1) is 25.7. The highest BCUT2D eigenvalue weighted by atomic mass is 16.6. The summed E-state index contributed by atoms with van der Waals surface area (Å²) in [6, 6.07) is 6.62. The van der Waals surface area contributed by atoms with E-state index in [0.717, 1.165) is 17.0 Å². The van der Waals surface area contributed by atoms with Crippen LogP contribution in [0.25, 0.3) is 33.7 Å². The van der Waals surface area contributed by atoms with Gasteiger partial charge in [0.15, 0.2) is 11.5 Å². The van der Waals surface area contributed by atoms with Gasteiger partial charge in [0, 0.05) is 41.5 Å². The van der Waals surface area contributed by atoms with Gasteiger partial charge in [-0.05, 0) is 31.5 Å². The molecule has 39 heavy (non-hydrogen) atoms. The molecule has 4 aromatic heterocycles. The lowest BCUT2D eigenvalue weighted by atomic mass is 9.96. The Morgan fingerprint density at radius 2 is 1.97 bits per heavy atom. The lowest BCUT2D eigenvalue weighted by molar-refractivity contribution is -0.385. The number of fused-ring (bicyclic) bond motifs is 1. The zero-order chi connectivity index (χ0) is 28.1. The van der Waals surface area contributed by atoms with Crippen LogP contribution in [0.2, 0.25) is 0 Å². The molecule has 0 radical (unpaired) electrons. The number of H-pyrrole nitrogens is 1. The second-order valence-corrected chi connectivity index (χ2v) is 10.3. The number of benzene rings is 1. The summed E-state index contributed by atoms with van der Waals surface area (Å²) in [7, 11) is 1.87. The fraction of sp³-hybridized carbons (Fsp3) is 0.308. The molecule has 0 aliphatic rings. The summed E-state index contributed by atoms with van der Waals surface area (Å²) in [5.41, 5.74) is 4.90. The number of aromatic amines is 1. The van der Waals surface area contributed by atoms with Crippen molar-refractivity contribution in [1.29, 1.82) is 0 Å². The van der Waals surface area contributed by atoms with Crippen molar-refractivity contribution in [3.63, 3.8) is 0 Å². The molecule has 0 saturated heterocycles. The van der Waals surface area contributed by atoms with E-state index in [9.17, 15) is 14.9 Å². The summed E-state index contributed by atoms with van der Waals surface area (Å²) in [6.07, 6.45) is 1.61. The van der Waals surface area contributed by atoms with E-state index in [4.69, 9.17) is 4.52 Å². The third-order valence-corrected chi connectivity index (χ3v) is 6.46. The second-order valence-electron chi connectivity index (χ2n) is 10.3. The Bertz CT molecular complexity index is 1740.